The van der Waals surface area contributed by atoms with E-state index in [0.717, 1.165) is 20.8 Å². The zero-order valence-electron chi connectivity index (χ0n) is 19.8. The Hall–Kier alpha value is -3.22. The average Bonchev–Trinajstić information content (AvgIpc) is 3.34. The number of hydrogen-bond acceptors (Lipinski definition) is 8. The highest BCUT2D eigenvalue weighted by molar-refractivity contribution is 7.87. The van der Waals surface area contributed by atoms with Crippen LogP contribution < -0.4 is 24.8 Å². The predicted molar refractivity (Wildman–Crippen MR) is 129 cm³/mol. The van der Waals surface area contributed by atoms with Crippen LogP contribution in [0.4, 0.5) is 0 Å². The van der Waals surface area contributed by atoms with Crippen LogP contribution in [0.25, 0.3) is 10.8 Å². The molecular formula is C23H29N5O6S. The lowest BCUT2D eigenvalue weighted by Crippen LogP contribution is -2.56. The van der Waals surface area contributed by atoms with Gasteiger partial charge in [-0.2, -0.15) is 12.7 Å². The lowest BCUT2D eigenvalue weighted by Gasteiger charge is -2.22. The highest BCUT2D eigenvalue weighted by Gasteiger charge is 2.61. The lowest BCUT2D eigenvalue weighted by molar-refractivity contribution is -0.130. The van der Waals surface area contributed by atoms with Crippen molar-refractivity contribution in [3.63, 3.8) is 0 Å². The van der Waals surface area contributed by atoms with Crippen molar-refractivity contribution in [3.05, 3.63) is 43.1 Å². The number of ether oxygens (including phenoxy) is 2. The van der Waals surface area contributed by atoms with Crippen LogP contribution in [0.15, 0.2) is 43.1 Å². The van der Waals surface area contributed by atoms with E-state index >= 15 is 0 Å². The van der Waals surface area contributed by atoms with Crippen LogP contribution >= 0.6 is 0 Å². The molecule has 1 aliphatic carbocycles. The van der Waals surface area contributed by atoms with Crippen LogP contribution in [0.3, 0.4) is 0 Å². The fraction of sp³-hybridized carbons (Fsp3) is 0.435. The highest BCUT2D eigenvalue weighted by Crippen LogP contribution is 2.45. The maximum atomic E-state index is 13.0. The Labute approximate surface area is 204 Å². The first-order chi connectivity index (χ1) is 16.6. The van der Waals surface area contributed by atoms with Gasteiger partial charge in [-0.3, -0.25) is 9.59 Å². The summed E-state index contributed by atoms with van der Waals surface area (Å²) in [5.74, 6) is -0.381. The number of pyridine rings is 1. The Kier molecular flexibility index (Phi) is 6.71. The molecule has 0 spiro atoms. The predicted octanol–water partition coefficient (Wildman–Crippen LogP) is 0.336. The quantitative estimate of drug-likeness (QED) is 0.416. The Morgan fingerprint density at radius 2 is 2.09 bits per heavy atom. The van der Waals surface area contributed by atoms with Crippen molar-refractivity contribution >= 4 is 32.8 Å². The van der Waals surface area contributed by atoms with Gasteiger partial charge in [-0.15, -0.1) is 6.58 Å². The molecular weight excluding hydrogens is 474 g/mol. The zero-order chi connectivity index (χ0) is 25.4. The molecule has 1 aromatic carbocycles. The second-order valence-electron chi connectivity index (χ2n) is 8.87. The van der Waals surface area contributed by atoms with E-state index in [-0.39, 0.29) is 18.4 Å². The van der Waals surface area contributed by atoms with E-state index in [4.69, 9.17) is 9.47 Å². The molecule has 2 aliphatic rings. The molecule has 1 unspecified atom stereocenters. The van der Waals surface area contributed by atoms with Crippen LogP contribution in [0.5, 0.6) is 11.6 Å². The number of methoxy groups -OCH3 is 1. The third-order valence-electron chi connectivity index (χ3n) is 6.37. The van der Waals surface area contributed by atoms with E-state index in [0.29, 0.717) is 18.8 Å². The lowest BCUT2D eigenvalue weighted by atomic mass is 10.1. The molecule has 1 aromatic heterocycles. The largest absolute Gasteiger partial charge is 0.497 e. The van der Waals surface area contributed by atoms with E-state index in [2.05, 4.69) is 22.2 Å². The van der Waals surface area contributed by atoms with Crippen molar-refractivity contribution in [3.8, 4) is 11.6 Å². The number of carbonyl (C=O) groups excluding carboxylic acids is 2. The third kappa shape index (κ3) is 4.95. The molecule has 4 rings (SSSR count). The van der Waals surface area contributed by atoms with Crippen LogP contribution in [-0.2, 0) is 19.8 Å². The topological polar surface area (TPSA) is 139 Å². The molecule has 188 valence electrons. The molecule has 1 aliphatic heterocycles. The number of carbonyl (C=O) groups is 2. The minimum Gasteiger partial charge on any atom is -0.497 e. The summed E-state index contributed by atoms with van der Waals surface area (Å²) in [6.45, 7) is 4.10. The van der Waals surface area contributed by atoms with Gasteiger partial charge in [0.05, 0.1) is 13.2 Å². The van der Waals surface area contributed by atoms with E-state index in [9.17, 15) is 18.0 Å². The van der Waals surface area contributed by atoms with E-state index in [1.165, 1.54) is 20.2 Å². The summed E-state index contributed by atoms with van der Waals surface area (Å²) in [4.78, 5) is 30.2. The van der Waals surface area contributed by atoms with Gasteiger partial charge in [0, 0.05) is 44.6 Å². The summed E-state index contributed by atoms with van der Waals surface area (Å²) in [7, 11) is 0.221. The minimum absolute atomic E-state index is 0.271. The minimum atomic E-state index is -4.00. The van der Waals surface area contributed by atoms with Gasteiger partial charge in [-0.05, 0) is 36.1 Å². The van der Waals surface area contributed by atoms with Crippen LogP contribution in [0.2, 0.25) is 0 Å². The molecule has 4 atom stereocenters. The normalized spacial score (nSPS) is 25.8. The SMILES string of the molecule is C=C[C@@H]1C[C@]1(NC(=O)[C@@H]1CC(Oc2nccc3cc(OC)ccc23)CN1)C(=O)NS(=O)(=O)N(C)C. The van der Waals surface area contributed by atoms with E-state index < -0.39 is 33.6 Å². The van der Waals surface area contributed by atoms with Gasteiger partial charge in [0.15, 0.2) is 0 Å². The number of amides is 2. The Morgan fingerprint density at radius 1 is 1.31 bits per heavy atom. The van der Waals surface area contributed by atoms with Crippen molar-refractivity contribution in [2.24, 2.45) is 5.92 Å². The van der Waals surface area contributed by atoms with Crippen molar-refractivity contribution in [2.45, 2.75) is 30.5 Å². The smallest absolute Gasteiger partial charge is 0.303 e. The fourth-order valence-corrected chi connectivity index (χ4v) is 4.74. The Bertz CT molecular complexity index is 1270. The molecule has 12 heteroatoms. The summed E-state index contributed by atoms with van der Waals surface area (Å²) < 4.78 is 38.5. The fourth-order valence-electron chi connectivity index (χ4n) is 4.14. The van der Waals surface area contributed by atoms with Crippen molar-refractivity contribution in [1.82, 2.24) is 24.6 Å². The number of fused-ring (bicyclic) bond motifs is 1. The number of aromatic nitrogens is 1. The second-order valence-corrected chi connectivity index (χ2v) is 10.7. The van der Waals surface area contributed by atoms with E-state index in [1.54, 1.807) is 13.3 Å². The van der Waals surface area contributed by atoms with Gasteiger partial charge < -0.3 is 20.1 Å². The molecule has 1 saturated carbocycles. The molecule has 2 amide bonds. The summed E-state index contributed by atoms with van der Waals surface area (Å²) >= 11 is 0. The second kappa shape index (κ2) is 9.44. The van der Waals surface area contributed by atoms with Gasteiger partial charge >= 0.3 is 10.2 Å². The molecule has 35 heavy (non-hydrogen) atoms. The van der Waals surface area contributed by atoms with Gasteiger partial charge in [-0.25, -0.2) is 9.71 Å². The zero-order valence-corrected chi connectivity index (χ0v) is 20.6. The van der Waals surface area contributed by atoms with Crippen LogP contribution in [0.1, 0.15) is 12.8 Å². The van der Waals surface area contributed by atoms with Gasteiger partial charge in [0.2, 0.25) is 11.8 Å². The molecule has 0 radical (unpaired) electrons. The van der Waals surface area contributed by atoms with Crippen LogP contribution in [-0.4, -0.2) is 75.0 Å². The van der Waals surface area contributed by atoms with Crippen LogP contribution in [0, 0.1) is 5.92 Å². The average molecular weight is 504 g/mol. The molecule has 3 N–H and O–H groups in total. The Morgan fingerprint density at radius 3 is 2.74 bits per heavy atom. The maximum Gasteiger partial charge on any atom is 0.303 e. The maximum absolute atomic E-state index is 13.0. The summed E-state index contributed by atoms with van der Waals surface area (Å²) in [5, 5.41) is 7.60. The first-order valence-electron chi connectivity index (χ1n) is 11.1. The summed E-state index contributed by atoms with van der Waals surface area (Å²) in [5.41, 5.74) is -1.35. The van der Waals surface area contributed by atoms with Crippen molar-refractivity contribution < 1.29 is 27.5 Å². The van der Waals surface area contributed by atoms with Crippen molar-refractivity contribution in [1.29, 1.82) is 0 Å². The standard InChI is InChI=1S/C23H29N5O6S/c1-5-15-12-23(15,22(30)27-35(31,32)28(2)3)26-20(29)19-11-17(13-25-19)34-21-18-7-6-16(33-4)10-14(18)8-9-24-21/h5-10,15,17,19,25H,1,11-13H2,2-4H3,(H,26,29)(H,27,30)/t15-,17?,19+,23-/m1/s1. The first kappa shape index (κ1) is 24.9. The Balaban J connectivity index is 1.41. The number of nitrogens with one attached hydrogen (secondary N) is 3. The molecule has 2 fully saturated rings. The molecule has 1 saturated heterocycles. The first-order valence-corrected chi connectivity index (χ1v) is 12.6. The molecule has 11 nitrogen and oxygen atoms in total. The molecule has 0 bridgehead atoms. The summed E-state index contributed by atoms with van der Waals surface area (Å²) in [6.07, 6.45) is 3.49. The molecule has 2 aromatic rings. The van der Waals surface area contributed by atoms with E-state index in [1.807, 2.05) is 29.0 Å². The summed E-state index contributed by atoms with van der Waals surface area (Å²) in [6, 6.07) is 6.83. The van der Waals surface area contributed by atoms with Crippen molar-refractivity contribution in [2.75, 3.05) is 27.7 Å². The third-order valence-corrected chi connectivity index (χ3v) is 7.78. The van der Waals surface area contributed by atoms with Gasteiger partial charge in [0.1, 0.15) is 17.4 Å². The number of benzene rings is 1. The number of hydrogen-bond donors (Lipinski definition) is 3. The number of rotatable bonds is 9. The van der Waals surface area contributed by atoms with Gasteiger partial charge in [0.25, 0.3) is 5.91 Å². The van der Waals surface area contributed by atoms with Gasteiger partial charge in [-0.1, -0.05) is 6.08 Å². The highest BCUT2D eigenvalue weighted by atomic mass is 32.2. The molecule has 2 heterocycles. The number of nitrogens with zero attached hydrogens (tertiary/aromatic N) is 2. The monoisotopic (exact) mass is 503 g/mol.